The van der Waals surface area contributed by atoms with Crippen LogP contribution in [0.5, 0.6) is 0 Å². The van der Waals surface area contributed by atoms with Crippen LogP contribution >= 0.6 is 0 Å². The molecule has 110 valence electrons. The minimum absolute atomic E-state index is 0.143. The van der Waals surface area contributed by atoms with Gasteiger partial charge in [-0.05, 0) is 31.6 Å². The van der Waals surface area contributed by atoms with E-state index < -0.39 is 0 Å². The summed E-state index contributed by atoms with van der Waals surface area (Å²) in [6.45, 7) is 4.07. The SMILES string of the molecule is CC1CCCC(C=O)(CN(CCO)C2CCCC2)C1. The molecule has 3 nitrogen and oxygen atoms in total. The highest BCUT2D eigenvalue weighted by molar-refractivity contribution is 5.60. The van der Waals surface area contributed by atoms with Crippen LogP contribution < -0.4 is 0 Å². The fourth-order valence-corrected chi connectivity index (χ4v) is 4.18. The third-order valence-electron chi connectivity index (χ3n) is 5.12. The molecule has 2 fully saturated rings. The van der Waals surface area contributed by atoms with Gasteiger partial charge in [-0.3, -0.25) is 4.90 Å². The Morgan fingerprint density at radius 1 is 1.26 bits per heavy atom. The molecule has 0 amide bonds. The number of hydrogen-bond donors (Lipinski definition) is 1. The molecule has 3 heteroatoms. The summed E-state index contributed by atoms with van der Waals surface area (Å²) in [5, 5.41) is 9.31. The van der Waals surface area contributed by atoms with Gasteiger partial charge in [-0.25, -0.2) is 0 Å². The molecular weight excluding hydrogens is 238 g/mol. The number of aliphatic hydroxyl groups is 1. The predicted octanol–water partition coefficient (Wildman–Crippen LogP) is 2.62. The number of hydrogen-bond acceptors (Lipinski definition) is 3. The average molecular weight is 267 g/mol. The summed E-state index contributed by atoms with van der Waals surface area (Å²) in [5.74, 6) is 0.665. The summed E-state index contributed by atoms with van der Waals surface area (Å²) in [7, 11) is 0. The van der Waals surface area contributed by atoms with Crippen molar-refractivity contribution in [2.24, 2.45) is 11.3 Å². The quantitative estimate of drug-likeness (QED) is 0.752. The van der Waals surface area contributed by atoms with Crippen LogP contribution in [0.1, 0.15) is 58.3 Å². The van der Waals surface area contributed by atoms with Crippen LogP contribution in [-0.2, 0) is 4.79 Å². The van der Waals surface area contributed by atoms with E-state index in [1.165, 1.54) is 44.8 Å². The van der Waals surface area contributed by atoms with Crippen molar-refractivity contribution in [2.75, 3.05) is 19.7 Å². The van der Waals surface area contributed by atoms with Crippen molar-refractivity contribution in [1.29, 1.82) is 0 Å². The van der Waals surface area contributed by atoms with Crippen LogP contribution in [0.15, 0.2) is 0 Å². The molecule has 1 N–H and O–H groups in total. The van der Waals surface area contributed by atoms with Crippen molar-refractivity contribution in [2.45, 2.75) is 64.3 Å². The van der Waals surface area contributed by atoms with E-state index in [1.54, 1.807) is 0 Å². The molecule has 2 atom stereocenters. The van der Waals surface area contributed by atoms with Gasteiger partial charge in [0.2, 0.25) is 0 Å². The molecule has 2 aliphatic rings. The van der Waals surface area contributed by atoms with Crippen LogP contribution in [-0.4, -0.2) is 42.0 Å². The molecule has 0 radical (unpaired) electrons. The van der Waals surface area contributed by atoms with Gasteiger partial charge in [-0.15, -0.1) is 0 Å². The van der Waals surface area contributed by atoms with E-state index in [0.29, 0.717) is 12.0 Å². The molecule has 2 unspecified atom stereocenters. The first-order valence-electron chi connectivity index (χ1n) is 8.00. The zero-order valence-electron chi connectivity index (χ0n) is 12.3. The van der Waals surface area contributed by atoms with E-state index in [2.05, 4.69) is 11.8 Å². The van der Waals surface area contributed by atoms with Crippen molar-refractivity contribution in [3.63, 3.8) is 0 Å². The van der Waals surface area contributed by atoms with Crippen LogP contribution in [0.4, 0.5) is 0 Å². The van der Waals surface area contributed by atoms with E-state index in [1.807, 2.05) is 0 Å². The summed E-state index contributed by atoms with van der Waals surface area (Å²) < 4.78 is 0. The van der Waals surface area contributed by atoms with E-state index in [9.17, 15) is 9.90 Å². The second-order valence-electron chi connectivity index (χ2n) is 6.81. The van der Waals surface area contributed by atoms with E-state index in [-0.39, 0.29) is 12.0 Å². The van der Waals surface area contributed by atoms with Gasteiger partial charge in [0.05, 0.1) is 6.61 Å². The fourth-order valence-electron chi connectivity index (χ4n) is 4.18. The Bertz CT molecular complexity index is 288. The van der Waals surface area contributed by atoms with Crippen LogP contribution in [0.2, 0.25) is 0 Å². The summed E-state index contributed by atoms with van der Waals surface area (Å²) >= 11 is 0. The number of carbonyl (C=O) groups excluding carboxylic acids is 1. The lowest BCUT2D eigenvalue weighted by Crippen LogP contribution is -2.46. The molecule has 0 bridgehead atoms. The summed E-state index contributed by atoms with van der Waals surface area (Å²) in [5.41, 5.74) is -0.143. The standard InChI is InChI=1S/C16H29NO2/c1-14-5-4-8-16(11-14,13-19)12-17(9-10-18)15-6-2-3-7-15/h13-15,18H,2-12H2,1H3. The molecule has 19 heavy (non-hydrogen) atoms. The number of rotatable bonds is 6. The van der Waals surface area contributed by atoms with E-state index >= 15 is 0 Å². The first-order chi connectivity index (χ1) is 9.19. The van der Waals surface area contributed by atoms with Gasteiger partial charge >= 0.3 is 0 Å². The van der Waals surface area contributed by atoms with Crippen molar-refractivity contribution in [3.05, 3.63) is 0 Å². The molecule has 2 saturated carbocycles. The maximum Gasteiger partial charge on any atom is 0.127 e. The Morgan fingerprint density at radius 2 is 2.00 bits per heavy atom. The highest BCUT2D eigenvalue weighted by Crippen LogP contribution is 2.39. The maximum absolute atomic E-state index is 11.7. The minimum atomic E-state index is -0.143. The first-order valence-corrected chi connectivity index (χ1v) is 8.00. The van der Waals surface area contributed by atoms with Gasteiger partial charge in [0.15, 0.2) is 0 Å². The molecule has 0 aromatic carbocycles. The number of aliphatic hydroxyl groups excluding tert-OH is 1. The molecule has 0 aromatic rings. The zero-order chi connectivity index (χ0) is 13.7. The predicted molar refractivity (Wildman–Crippen MR) is 77.0 cm³/mol. The van der Waals surface area contributed by atoms with Crippen molar-refractivity contribution in [1.82, 2.24) is 4.90 Å². The molecule has 0 aliphatic heterocycles. The first kappa shape index (κ1) is 15.0. The lowest BCUT2D eigenvalue weighted by Gasteiger charge is -2.41. The molecule has 0 aromatic heterocycles. The number of carbonyl (C=O) groups is 1. The molecule has 0 heterocycles. The summed E-state index contributed by atoms with van der Waals surface area (Å²) in [6.07, 6.45) is 10.8. The van der Waals surface area contributed by atoms with Gasteiger partial charge in [-0.1, -0.05) is 32.6 Å². The minimum Gasteiger partial charge on any atom is -0.395 e. The smallest absolute Gasteiger partial charge is 0.127 e. The Balaban J connectivity index is 2.02. The van der Waals surface area contributed by atoms with Crippen molar-refractivity contribution >= 4 is 6.29 Å². The lowest BCUT2D eigenvalue weighted by atomic mass is 9.70. The second kappa shape index (κ2) is 6.85. The maximum atomic E-state index is 11.7. The van der Waals surface area contributed by atoms with Gasteiger partial charge in [-0.2, -0.15) is 0 Å². The van der Waals surface area contributed by atoms with Crippen molar-refractivity contribution < 1.29 is 9.90 Å². The van der Waals surface area contributed by atoms with Gasteiger partial charge < -0.3 is 9.90 Å². The Kier molecular flexibility index (Phi) is 5.40. The monoisotopic (exact) mass is 267 g/mol. The topological polar surface area (TPSA) is 40.5 Å². The van der Waals surface area contributed by atoms with Crippen molar-refractivity contribution in [3.8, 4) is 0 Å². The fraction of sp³-hybridized carbons (Fsp3) is 0.938. The highest BCUT2D eigenvalue weighted by Gasteiger charge is 2.38. The van der Waals surface area contributed by atoms with Crippen LogP contribution in [0.3, 0.4) is 0 Å². The summed E-state index contributed by atoms with van der Waals surface area (Å²) in [4.78, 5) is 14.1. The largest absolute Gasteiger partial charge is 0.395 e. The Labute approximate surface area is 117 Å². The number of nitrogens with zero attached hydrogens (tertiary/aromatic N) is 1. The van der Waals surface area contributed by atoms with E-state index in [0.717, 1.165) is 25.9 Å². The Morgan fingerprint density at radius 3 is 2.58 bits per heavy atom. The number of aldehydes is 1. The van der Waals surface area contributed by atoms with Gasteiger partial charge in [0.25, 0.3) is 0 Å². The second-order valence-corrected chi connectivity index (χ2v) is 6.81. The Hall–Kier alpha value is -0.410. The highest BCUT2D eigenvalue weighted by atomic mass is 16.3. The molecular formula is C16H29NO2. The van der Waals surface area contributed by atoms with Crippen LogP contribution in [0.25, 0.3) is 0 Å². The lowest BCUT2D eigenvalue weighted by molar-refractivity contribution is -0.120. The average Bonchev–Trinajstić information content (AvgIpc) is 2.92. The summed E-state index contributed by atoms with van der Waals surface area (Å²) in [6, 6.07) is 0.598. The van der Waals surface area contributed by atoms with Gasteiger partial charge in [0.1, 0.15) is 6.29 Å². The normalized spacial score (nSPS) is 32.9. The molecule has 2 aliphatic carbocycles. The third-order valence-corrected chi connectivity index (χ3v) is 5.12. The molecule has 0 saturated heterocycles. The zero-order valence-corrected chi connectivity index (χ0v) is 12.3. The third kappa shape index (κ3) is 3.79. The molecule has 2 rings (SSSR count). The van der Waals surface area contributed by atoms with Gasteiger partial charge in [0, 0.05) is 24.5 Å². The molecule has 0 spiro atoms. The van der Waals surface area contributed by atoms with E-state index in [4.69, 9.17) is 0 Å². The van der Waals surface area contributed by atoms with Crippen LogP contribution in [0, 0.1) is 11.3 Å².